The molecule has 3 rings (SSSR count). The van der Waals surface area contributed by atoms with Crippen molar-refractivity contribution < 1.29 is 19.6 Å². The number of benzene rings is 1. The highest BCUT2D eigenvalue weighted by Gasteiger charge is 2.49. The monoisotopic (exact) mass is 480 g/mol. The molecule has 188 valence electrons. The maximum absolute atomic E-state index is 13.6. The van der Waals surface area contributed by atoms with Gasteiger partial charge < -0.3 is 20.7 Å². The summed E-state index contributed by atoms with van der Waals surface area (Å²) in [5.41, 5.74) is 1.20. The van der Waals surface area contributed by atoms with Crippen LogP contribution >= 0.6 is 0 Å². The van der Waals surface area contributed by atoms with Crippen molar-refractivity contribution in [1.29, 1.82) is 0 Å². The second-order valence-corrected chi connectivity index (χ2v) is 10.00. The van der Waals surface area contributed by atoms with Gasteiger partial charge in [-0.2, -0.15) is 0 Å². The minimum atomic E-state index is -1.52. The van der Waals surface area contributed by atoms with Crippen LogP contribution in [0.3, 0.4) is 0 Å². The number of carbonyl (C=O) groups is 2. The predicted octanol–water partition coefficient (Wildman–Crippen LogP) is 2.92. The average molecular weight is 480 g/mol. The molecule has 8 nitrogen and oxygen atoms in total. The highest BCUT2D eigenvalue weighted by molar-refractivity contribution is 6.46. The van der Waals surface area contributed by atoms with E-state index in [1.165, 1.54) is 18.6 Å². The summed E-state index contributed by atoms with van der Waals surface area (Å²) in [5.74, 6) is -0.550. The van der Waals surface area contributed by atoms with Crippen LogP contribution in [-0.4, -0.2) is 51.0 Å². The molecule has 2 amide bonds. The molecule has 9 heteroatoms. The third-order valence-corrected chi connectivity index (χ3v) is 7.00. The van der Waals surface area contributed by atoms with Crippen LogP contribution in [0.15, 0.2) is 48.9 Å². The molecule has 1 aromatic carbocycles. The van der Waals surface area contributed by atoms with Gasteiger partial charge in [0.25, 0.3) is 5.91 Å². The molecule has 2 atom stereocenters. The molecule has 1 heterocycles. The summed E-state index contributed by atoms with van der Waals surface area (Å²) in [6.07, 6.45) is 10.0. The number of nitrogens with zero attached hydrogens (tertiary/aromatic N) is 2. The fourth-order valence-electron chi connectivity index (χ4n) is 5.05. The maximum Gasteiger partial charge on any atom is 0.460 e. The van der Waals surface area contributed by atoms with E-state index in [2.05, 4.69) is 34.4 Å². The van der Waals surface area contributed by atoms with E-state index in [1.807, 2.05) is 30.3 Å². The molecule has 1 aliphatic carbocycles. The van der Waals surface area contributed by atoms with Gasteiger partial charge in [-0.3, -0.25) is 14.6 Å². The van der Waals surface area contributed by atoms with E-state index < -0.39 is 30.4 Å². The zero-order valence-electron chi connectivity index (χ0n) is 20.7. The van der Waals surface area contributed by atoms with E-state index in [0.29, 0.717) is 32.1 Å². The van der Waals surface area contributed by atoms with Crippen LogP contribution < -0.4 is 10.6 Å². The number of amides is 2. The smallest absolute Gasteiger partial charge is 0.427 e. The Kier molecular flexibility index (Phi) is 9.80. The van der Waals surface area contributed by atoms with Crippen molar-refractivity contribution in [3.8, 4) is 0 Å². The Bertz CT molecular complexity index is 937. The summed E-state index contributed by atoms with van der Waals surface area (Å²) < 4.78 is 0. The van der Waals surface area contributed by atoms with Gasteiger partial charge >= 0.3 is 7.12 Å². The lowest BCUT2D eigenvalue weighted by Crippen LogP contribution is -2.56. The Morgan fingerprint density at radius 3 is 2.37 bits per heavy atom. The Morgan fingerprint density at radius 1 is 1.06 bits per heavy atom. The minimum Gasteiger partial charge on any atom is -0.427 e. The summed E-state index contributed by atoms with van der Waals surface area (Å²) in [6, 6.07) is 8.57. The molecule has 0 bridgehead atoms. The lowest BCUT2D eigenvalue weighted by molar-refractivity contribution is -0.124. The first kappa shape index (κ1) is 26.8. The van der Waals surface area contributed by atoms with Crippen LogP contribution in [-0.2, 0) is 11.2 Å². The van der Waals surface area contributed by atoms with Gasteiger partial charge in [-0.05, 0) is 43.6 Å². The van der Waals surface area contributed by atoms with Gasteiger partial charge in [-0.15, -0.1) is 0 Å². The second kappa shape index (κ2) is 12.8. The second-order valence-electron chi connectivity index (χ2n) is 10.00. The van der Waals surface area contributed by atoms with Crippen molar-refractivity contribution in [2.45, 2.75) is 82.6 Å². The van der Waals surface area contributed by atoms with E-state index in [-0.39, 0.29) is 17.5 Å². The van der Waals surface area contributed by atoms with Gasteiger partial charge in [-0.1, -0.05) is 63.4 Å². The number of nitrogens with one attached hydrogen (secondary N) is 2. The van der Waals surface area contributed by atoms with Crippen molar-refractivity contribution in [2.24, 2.45) is 5.92 Å². The third-order valence-electron chi connectivity index (χ3n) is 7.00. The van der Waals surface area contributed by atoms with E-state index in [4.69, 9.17) is 0 Å². The highest BCUT2D eigenvalue weighted by Crippen LogP contribution is 2.48. The first-order valence-electron chi connectivity index (χ1n) is 12.6. The van der Waals surface area contributed by atoms with Gasteiger partial charge in [0.1, 0.15) is 11.7 Å². The summed E-state index contributed by atoms with van der Waals surface area (Å²) in [4.78, 5) is 34.4. The fraction of sp³-hybridized carbons (Fsp3) is 0.538. The molecule has 0 aliphatic heterocycles. The molecule has 0 saturated heterocycles. The first-order chi connectivity index (χ1) is 16.8. The normalized spacial score (nSPS) is 16.8. The Balaban J connectivity index is 1.81. The van der Waals surface area contributed by atoms with Gasteiger partial charge in [0.05, 0.1) is 6.20 Å². The molecule has 4 N–H and O–H groups in total. The summed E-state index contributed by atoms with van der Waals surface area (Å²) in [6.45, 7) is 4.12. The van der Waals surface area contributed by atoms with E-state index in [9.17, 15) is 19.6 Å². The topological polar surface area (TPSA) is 124 Å². The number of aromatic nitrogens is 2. The van der Waals surface area contributed by atoms with Crippen LogP contribution in [0.25, 0.3) is 0 Å². The van der Waals surface area contributed by atoms with Gasteiger partial charge in [0.15, 0.2) is 0 Å². The Morgan fingerprint density at radius 2 is 1.77 bits per heavy atom. The molecule has 1 fully saturated rings. The molecule has 0 unspecified atom stereocenters. The van der Waals surface area contributed by atoms with Crippen molar-refractivity contribution in [3.05, 3.63) is 60.2 Å². The van der Waals surface area contributed by atoms with Crippen molar-refractivity contribution in [2.75, 3.05) is 0 Å². The highest BCUT2D eigenvalue weighted by atomic mass is 16.4. The number of hydrogen-bond acceptors (Lipinski definition) is 6. The zero-order valence-corrected chi connectivity index (χ0v) is 20.7. The van der Waals surface area contributed by atoms with Gasteiger partial charge in [0, 0.05) is 23.7 Å². The van der Waals surface area contributed by atoms with Crippen LogP contribution in [0.1, 0.15) is 74.8 Å². The standard InChI is InChI=1S/C26H37BN4O4/c1-19(2)17-23(26(27(34)35)13-7-4-8-14-26)31-24(32)21(12-11-20-9-5-3-6-10-20)30-25(33)22-18-28-15-16-29-22/h3,5-6,9-10,15-16,18-19,21,23,34-35H,4,7-8,11-14,17H2,1-2H3,(H,30,33)(H,31,32)/t21-,23-/m0/s1. The predicted molar refractivity (Wildman–Crippen MR) is 135 cm³/mol. The molecule has 35 heavy (non-hydrogen) atoms. The van der Waals surface area contributed by atoms with Crippen LogP contribution in [0.2, 0.25) is 5.31 Å². The molecule has 2 aromatic rings. The van der Waals surface area contributed by atoms with Crippen molar-refractivity contribution in [3.63, 3.8) is 0 Å². The molecular weight excluding hydrogens is 443 g/mol. The van der Waals surface area contributed by atoms with Crippen LogP contribution in [0, 0.1) is 5.92 Å². The molecule has 1 saturated carbocycles. The van der Waals surface area contributed by atoms with E-state index in [1.54, 1.807) is 0 Å². The van der Waals surface area contributed by atoms with Gasteiger partial charge in [-0.25, -0.2) is 4.98 Å². The quantitative estimate of drug-likeness (QED) is 0.367. The summed E-state index contributed by atoms with van der Waals surface area (Å²) in [5, 5.41) is 26.0. The zero-order chi connectivity index (χ0) is 25.3. The summed E-state index contributed by atoms with van der Waals surface area (Å²) >= 11 is 0. The number of hydrogen-bond donors (Lipinski definition) is 4. The molecule has 0 spiro atoms. The van der Waals surface area contributed by atoms with Crippen LogP contribution in [0.4, 0.5) is 0 Å². The third kappa shape index (κ3) is 7.35. The largest absolute Gasteiger partial charge is 0.460 e. The average Bonchev–Trinajstić information content (AvgIpc) is 2.87. The Hall–Kier alpha value is -2.78. The van der Waals surface area contributed by atoms with Crippen molar-refractivity contribution >= 4 is 18.9 Å². The minimum absolute atomic E-state index is 0.137. The fourth-order valence-corrected chi connectivity index (χ4v) is 5.05. The van der Waals surface area contributed by atoms with Crippen LogP contribution in [0.5, 0.6) is 0 Å². The SMILES string of the molecule is CC(C)C[C@H](NC(=O)[C@H](CCc1ccccc1)NC(=O)c1cnccn1)C1(B(O)O)CCCCC1. The lowest BCUT2D eigenvalue weighted by Gasteiger charge is -2.44. The van der Waals surface area contributed by atoms with E-state index >= 15 is 0 Å². The maximum atomic E-state index is 13.6. The molecule has 0 radical (unpaired) electrons. The van der Waals surface area contributed by atoms with Gasteiger partial charge in [0.2, 0.25) is 5.91 Å². The molecular formula is C26H37BN4O4. The van der Waals surface area contributed by atoms with E-state index in [0.717, 1.165) is 24.8 Å². The number of aryl methyl sites for hydroxylation is 1. The molecule has 1 aromatic heterocycles. The number of rotatable bonds is 11. The summed E-state index contributed by atoms with van der Waals surface area (Å²) in [7, 11) is -1.52. The number of carbonyl (C=O) groups excluding carboxylic acids is 2. The Labute approximate surface area is 208 Å². The lowest BCUT2D eigenvalue weighted by atomic mass is 9.47. The molecule has 1 aliphatic rings. The first-order valence-corrected chi connectivity index (χ1v) is 12.6. The van der Waals surface area contributed by atoms with Crippen molar-refractivity contribution in [1.82, 2.24) is 20.6 Å².